The van der Waals surface area contributed by atoms with E-state index in [1.54, 1.807) is 0 Å². The molecule has 1 saturated heterocycles. The van der Waals surface area contributed by atoms with Crippen LogP contribution in [0.2, 0.25) is 0 Å². The van der Waals surface area contributed by atoms with Crippen molar-refractivity contribution in [2.24, 2.45) is 0 Å². The summed E-state index contributed by atoms with van der Waals surface area (Å²) in [6, 6.07) is 9.63. The summed E-state index contributed by atoms with van der Waals surface area (Å²) in [6.45, 7) is 9.04. The molecule has 2 aliphatic rings. The van der Waals surface area contributed by atoms with Crippen LogP contribution in [-0.2, 0) is 4.79 Å². The van der Waals surface area contributed by atoms with Crippen molar-refractivity contribution in [3.05, 3.63) is 63.7 Å². The van der Waals surface area contributed by atoms with Crippen molar-refractivity contribution in [2.45, 2.75) is 65.4 Å². The second kappa shape index (κ2) is 8.53. The van der Waals surface area contributed by atoms with Crippen LogP contribution in [0, 0.1) is 27.7 Å². The summed E-state index contributed by atoms with van der Waals surface area (Å²) in [5.74, 6) is 0.796. The average molecular weight is 434 g/mol. The molecule has 32 heavy (non-hydrogen) atoms. The summed E-state index contributed by atoms with van der Waals surface area (Å²) in [5.41, 5.74) is 5.10. The predicted octanol–water partition coefficient (Wildman–Crippen LogP) is 4.91. The molecule has 0 saturated carbocycles. The molecule has 2 aliphatic heterocycles. The monoisotopic (exact) mass is 433 g/mol. The minimum absolute atomic E-state index is 0.00140. The first kappa shape index (κ1) is 22.3. The van der Waals surface area contributed by atoms with Gasteiger partial charge in [0.1, 0.15) is 11.4 Å². The van der Waals surface area contributed by atoms with Crippen LogP contribution in [0.5, 0.6) is 5.75 Å². The molecule has 5 nitrogen and oxygen atoms in total. The lowest BCUT2D eigenvalue weighted by Gasteiger charge is -2.44. The zero-order valence-electron chi connectivity index (χ0n) is 19.4. The van der Waals surface area contributed by atoms with E-state index in [4.69, 9.17) is 4.74 Å². The first-order chi connectivity index (χ1) is 15.2. The van der Waals surface area contributed by atoms with E-state index in [0.717, 1.165) is 22.3 Å². The van der Waals surface area contributed by atoms with Crippen LogP contribution in [0.3, 0.4) is 0 Å². The molecule has 0 aliphatic carbocycles. The molecular weight excluding hydrogens is 402 g/mol. The lowest BCUT2D eigenvalue weighted by Crippen LogP contribution is -2.52. The molecule has 0 bridgehead atoms. The third-order valence-corrected chi connectivity index (χ3v) is 6.95. The Morgan fingerprint density at radius 1 is 0.938 bits per heavy atom. The standard InChI is InChI=1S/C27H31NO4/c1-17-13-20(4)26-23(30)16-27(32-24(26)14-17)9-11-28(12-10-27)25(31)8-7-22(29)21-6-5-18(2)19(3)15-21/h5-6,13-15H,7-12,16H2,1-4H3. The number of hydrogen-bond donors (Lipinski definition) is 0. The smallest absolute Gasteiger partial charge is 0.223 e. The number of amides is 1. The van der Waals surface area contributed by atoms with Crippen molar-refractivity contribution in [1.29, 1.82) is 0 Å². The topological polar surface area (TPSA) is 63.7 Å². The molecule has 2 heterocycles. The Kier molecular flexibility index (Phi) is 5.93. The SMILES string of the molecule is Cc1cc(C)c2c(c1)OC1(CCN(C(=O)CCC(=O)c3ccc(C)c(C)c3)CC1)CC2=O. The Balaban J connectivity index is 1.35. The number of ether oxygens (including phenoxy) is 1. The molecule has 0 aromatic heterocycles. The number of hydrogen-bond acceptors (Lipinski definition) is 4. The van der Waals surface area contributed by atoms with Gasteiger partial charge in [-0.2, -0.15) is 0 Å². The lowest BCUT2D eigenvalue weighted by atomic mass is 9.81. The number of nitrogens with zero attached hydrogens (tertiary/aromatic N) is 1. The zero-order valence-corrected chi connectivity index (χ0v) is 19.4. The van der Waals surface area contributed by atoms with Crippen LogP contribution in [0.15, 0.2) is 30.3 Å². The molecule has 0 unspecified atom stereocenters. The third-order valence-electron chi connectivity index (χ3n) is 6.95. The van der Waals surface area contributed by atoms with E-state index in [1.165, 1.54) is 0 Å². The Labute approximate surface area is 189 Å². The van der Waals surface area contributed by atoms with Gasteiger partial charge < -0.3 is 9.64 Å². The Morgan fingerprint density at radius 2 is 1.66 bits per heavy atom. The number of piperidine rings is 1. The fourth-order valence-electron chi connectivity index (χ4n) is 4.90. The van der Waals surface area contributed by atoms with Crippen molar-refractivity contribution < 1.29 is 19.1 Å². The Bertz CT molecular complexity index is 1090. The molecule has 0 N–H and O–H groups in total. The Hall–Kier alpha value is -2.95. The molecule has 2 aromatic carbocycles. The largest absolute Gasteiger partial charge is 0.486 e. The predicted molar refractivity (Wildman–Crippen MR) is 124 cm³/mol. The lowest BCUT2D eigenvalue weighted by molar-refractivity contribution is -0.134. The van der Waals surface area contributed by atoms with Gasteiger partial charge in [-0.3, -0.25) is 14.4 Å². The number of Topliss-reactive ketones (excluding diaryl/α,β-unsaturated/α-hetero) is 2. The van der Waals surface area contributed by atoms with E-state index >= 15 is 0 Å². The van der Waals surface area contributed by atoms with Crippen LogP contribution in [0.4, 0.5) is 0 Å². The van der Waals surface area contributed by atoms with Gasteiger partial charge in [-0.15, -0.1) is 0 Å². The molecule has 2 aromatic rings. The number of benzene rings is 2. The summed E-state index contributed by atoms with van der Waals surface area (Å²) in [6.07, 6.45) is 2.03. The highest BCUT2D eigenvalue weighted by Crippen LogP contribution is 2.41. The van der Waals surface area contributed by atoms with E-state index < -0.39 is 5.60 Å². The minimum Gasteiger partial charge on any atom is -0.486 e. The molecular formula is C27H31NO4. The average Bonchev–Trinajstić information content (AvgIpc) is 2.73. The molecule has 0 radical (unpaired) electrons. The molecule has 1 fully saturated rings. The van der Waals surface area contributed by atoms with Crippen molar-refractivity contribution >= 4 is 17.5 Å². The van der Waals surface area contributed by atoms with Gasteiger partial charge in [-0.25, -0.2) is 0 Å². The van der Waals surface area contributed by atoms with Gasteiger partial charge >= 0.3 is 0 Å². The maximum absolute atomic E-state index is 12.9. The molecule has 1 spiro atoms. The maximum Gasteiger partial charge on any atom is 0.223 e. The fourth-order valence-corrected chi connectivity index (χ4v) is 4.90. The number of rotatable bonds is 4. The van der Waals surface area contributed by atoms with Crippen LogP contribution >= 0.6 is 0 Å². The molecule has 4 rings (SSSR count). The molecule has 1 amide bonds. The normalized spacial score (nSPS) is 17.1. The van der Waals surface area contributed by atoms with Gasteiger partial charge in [0.25, 0.3) is 0 Å². The van der Waals surface area contributed by atoms with E-state index in [9.17, 15) is 14.4 Å². The van der Waals surface area contributed by atoms with Gasteiger partial charge in [0.05, 0.1) is 12.0 Å². The Morgan fingerprint density at radius 3 is 2.34 bits per heavy atom. The third kappa shape index (κ3) is 4.34. The summed E-state index contributed by atoms with van der Waals surface area (Å²) < 4.78 is 6.38. The van der Waals surface area contributed by atoms with Gasteiger partial charge in [-0.1, -0.05) is 18.2 Å². The summed E-state index contributed by atoms with van der Waals surface area (Å²) in [5, 5.41) is 0. The van der Waals surface area contributed by atoms with E-state index in [0.29, 0.717) is 49.2 Å². The minimum atomic E-state index is -0.531. The van der Waals surface area contributed by atoms with E-state index in [-0.39, 0.29) is 30.3 Å². The van der Waals surface area contributed by atoms with Crippen molar-refractivity contribution in [1.82, 2.24) is 4.90 Å². The maximum atomic E-state index is 12.9. The van der Waals surface area contributed by atoms with Gasteiger partial charge in [0.15, 0.2) is 11.6 Å². The molecule has 5 heteroatoms. The van der Waals surface area contributed by atoms with E-state index in [1.807, 2.05) is 62.9 Å². The first-order valence-electron chi connectivity index (χ1n) is 11.4. The van der Waals surface area contributed by atoms with Crippen molar-refractivity contribution in [3.63, 3.8) is 0 Å². The second-order valence-corrected chi connectivity index (χ2v) is 9.44. The number of carbonyl (C=O) groups is 3. The summed E-state index contributed by atoms with van der Waals surface area (Å²) in [4.78, 5) is 39.9. The van der Waals surface area contributed by atoms with Gasteiger partial charge in [0, 0.05) is 44.3 Å². The molecule has 0 atom stereocenters. The summed E-state index contributed by atoms with van der Waals surface area (Å²) >= 11 is 0. The van der Waals surface area contributed by atoms with Crippen LogP contribution < -0.4 is 4.74 Å². The zero-order chi connectivity index (χ0) is 23.0. The van der Waals surface area contributed by atoms with Crippen molar-refractivity contribution in [3.8, 4) is 5.75 Å². The number of carbonyl (C=O) groups excluding carboxylic acids is 3. The van der Waals surface area contributed by atoms with E-state index in [2.05, 4.69) is 0 Å². The quantitative estimate of drug-likeness (QED) is 0.643. The second-order valence-electron chi connectivity index (χ2n) is 9.44. The number of fused-ring (bicyclic) bond motifs is 1. The van der Waals surface area contributed by atoms with Gasteiger partial charge in [0.2, 0.25) is 5.91 Å². The highest BCUT2D eigenvalue weighted by molar-refractivity contribution is 6.02. The highest BCUT2D eigenvalue weighted by atomic mass is 16.5. The van der Waals surface area contributed by atoms with Crippen molar-refractivity contribution in [2.75, 3.05) is 13.1 Å². The molecule has 168 valence electrons. The number of ketones is 2. The summed E-state index contributed by atoms with van der Waals surface area (Å²) in [7, 11) is 0. The highest BCUT2D eigenvalue weighted by Gasteiger charge is 2.44. The first-order valence-corrected chi connectivity index (χ1v) is 11.4. The fraction of sp³-hybridized carbons (Fsp3) is 0.444. The van der Waals surface area contributed by atoms with Gasteiger partial charge in [-0.05, 0) is 62.1 Å². The van der Waals surface area contributed by atoms with Crippen LogP contribution in [0.25, 0.3) is 0 Å². The van der Waals surface area contributed by atoms with Crippen LogP contribution in [0.1, 0.15) is 75.1 Å². The number of aryl methyl sites for hydroxylation is 4. The van der Waals surface area contributed by atoms with Crippen LogP contribution in [-0.4, -0.2) is 41.1 Å². The number of likely N-dealkylation sites (tertiary alicyclic amines) is 1.